The smallest absolute Gasteiger partial charge is 0.254 e. The fourth-order valence-electron chi connectivity index (χ4n) is 2.93. The van der Waals surface area contributed by atoms with Crippen LogP contribution >= 0.6 is 0 Å². The molecule has 0 aromatic heterocycles. The Morgan fingerprint density at radius 1 is 1.11 bits per heavy atom. The predicted octanol–water partition coefficient (Wildman–Crippen LogP) is 2.23. The van der Waals surface area contributed by atoms with Crippen LogP contribution in [0.15, 0.2) is 48.5 Å². The van der Waals surface area contributed by atoms with E-state index in [1.165, 1.54) is 0 Å². The quantitative estimate of drug-likeness (QED) is 0.715. The van der Waals surface area contributed by atoms with Crippen molar-refractivity contribution in [1.29, 1.82) is 0 Å². The van der Waals surface area contributed by atoms with Gasteiger partial charge in [0.25, 0.3) is 5.91 Å². The molecule has 7 nitrogen and oxygen atoms in total. The Morgan fingerprint density at radius 2 is 1.82 bits per heavy atom. The first-order chi connectivity index (χ1) is 13.4. The molecule has 1 aliphatic heterocycles. The molecule has 146 valence electrons. The molecule has 0 bridgehead atoms. The molecule has 1 aliphatic rings. The summed E-state index contributed by atoms with van der Waals surface area (Å²) in [5.41, 5.74) is 1.65. The van der Waals surface area contributed by atoms with E-state index in [0.717, 1.165) is 5.56 Å². The highest BCUT2D eigenvalue weighted by atomic mass is 16.5. The van der Waals surface area contributed by atoms with Crippen LogP contribution in [0.5, 0.6) is 5.75 Å². The lowest BCUT2D eigenvalue weighted by molar-refractivity contribution is -0.125. The van der Waals surface area contributed by atoms with Crippen LogP contribution in [0.3, 0.4) is 0 Å². The summed E-state index contributed by atoms with van der Waals surface area (Å²) < 4.78 is 5.74. The van der Waals surface area contributed by atoms with Crippen molar-refractivity contribution in [3.8, 4) is 5.75 Å². The fraction of sp³-hybridized carbons (Fsp3) is 0.286. The number of carbonyl (C=O) groups excluding carboxylic acids is 3. The van der Waals surface area contributed by atoms with Crippen LogP contribution in [0.4, 0.5) is 5.69 Å². The van der Waals surface area contributed by atoms with Crippen LogP contribution in [0.25, 0.3) is 0 Å². The van der Waals surface area contributed by atoms with Gasteiger partial charge in [-0.2, -0.15) is 0 Å². The maximum absolute atomic E-state index is 12.4. The summed E-state index contributed by atoms with van der Waals surface area (Å²) in [5, 5.41) is 8.09. The van der Waals surface area contributed by atoms with Crippen LogP contribution in [0, 0.1) is 0 Å². The van der Waals surface area contributed by atoms with Crippen molar-refractivity contribution in [1.82, 2.24) is 10.6 Å². The third kappa shape index (κ3) is 4.68. The van der Waals surface area contributed by atoms with Gasteiger partial charge in [0.15, 0.2) is 0 Å². The number of anilines is 1. The normalized spacial score (nSPS) is 15.9. The Morgan fingerprint density at radius 3 is 2.61 bits per heavy atom. The molecule has 0 saturated heterocycles. The topological polar surface area (TPSA) is 96.5 Å². The predicted molar refractivity (Wildman–Crippen MR) is 105 cm³/mol. The van der Waals surface area contributed by atoms with Gasteiger partial charge in [-0.05, 0) is 32.0 Å². The molecule has 0 fully saturated rings. The lowest BCUT2D eigenvalue weighted by Gasteiger charge is -2.16. The minimum atomic E-state index is -0.943. The third-order valence-corrected chi connectivity index (χ3v) is 4.25. The Hall–Kier alpha value is -3.35. The van der Waals surface area contributed by atoms with Crippen LogP contribution in [0.1, 0.15) is 36.2 Å². The summed E-state index contributed by atoms with van der Waals surface area (Å²) in [6.07, 6.45) is -0.137. The van der Waals surface area contributed by atoms with Crippen molar-refractivity contribution < 1.29 is 19.1 Å². The molecule has 3 rings (SSSR count). The molecule has 2 aromatic carbocycles. The second-order valence-electron chi connectivity index (χ2n) is 6.82. The minimum absolute atomic E-state index is 0.0170. The van der Waals surface area contributed by atoms with Gasteiger partial charge in [-0.1, -0.05) is 30.3 Å². The van der Waals surface area contributed by atoms with Gasteiger partial charge in [0, 0.05) is 12.1 Å². The molecule has 2 aromatic rings. The molecule has 0 aliphatic carbocycles. The molecule has 1 heterocycles. The zero-order valence-corrected chi connectivity index (χ0v) is 15.8. The Labute approximate surface area is 163 Å². The second-order valence-corrected chi connectivity index (χ2v) is 6.82. The van der Waals surface area contributed by atoms with Gasteiger partial charge in [-0.3, -0.25) is 14.4 Å². The molecule has 7 heteroatoms. The number of para-hydroxylation sites is 2. The number of rotatable bonds is 6. The van der Waals surface area contributed by atoms with E-state index in [0.29, 0.717) is 17.0 Å². The number of hydrogen-bond acceptors (Lipinski definition) is 4. The summed E-state index contributed by atoms with van der Waals surface area (Å²) in [5.74, 6) is -0.445. The van der Waals surface area contributed by atoms with Gasteiger partial charge >= 0.3 is 0 Å². The van der Waals surface area contributed by atoms with E-state index >= 15 is 0 Å². The van der Waals surface area contributed by atoms with E-state index in [4.69, 9.17) is 4.74 Å². The lowest BCUT2D eigenvalue weighted by atomic mass is 10.1. The molecule has 1 atom stereocenters. The van der Waals surface area contributed by atoms with Crippen LogP contribution in [0.2, 0.25) is 0 Å². The monoisotopic (exact) mass is 381 g/mol. The van der Waals surface area contributed by atoms with E-state index in [9.17, 15) is 14.4 Å². The Kier molecular flexibility index (Phi) is 5.93. The van der Waals surface area contributed by atoms with Crippen molar-refractivity contribution in [2.75, 3.05) is 5.32 Å². The highest BCUT2D eigenvalue weighted by Crippen LogP contribution is 2.20. The van der Waals surface area contributed by atoms with Crippen LogP contribution in [-0.2, 0) is 16.1 Å². The molecular formula is C21H23N3O4. The molecule has 0 unspecified atom stereocenters. The highest BCUT2D eigenvalue weighted by Gasteiger charge is 2.29. The maximum atomic E-state index is 12.4. The lowest BCUT2D eigenvalue weighted by Crippen LogP contribution is -2.44. The van der Waals surface area contributed by atoms with Gasteiger partial charge in [0.1, 0.15) is 11.8 Å². The van der Waals surface area contributed by atoms with Gasteiger partial charge < -0.3 is 20.7 Å². The number of fused-ring (bicyclic) bond motifs is 1. The van der Waals surface area contributed by atoms with Crippen molar-refractivity contribution in [3.05, 3.63) is 59.7 Å². The van der Waals surface area contributed by atoms with Crippen molar-refractivity contribution >= 4 is 23.4 Å². The number of benzene rings is 2. The average molecular weight is 381 g/mol. The highest BCUT2D eigenvalue weighted by molar-refractivity contribution is 6.10. The zero-order valence-electron chi connectivity index (χ0n) is 15.8. The summed E-state index contributed by atoms with van der Waals surface area (Å²) in [6, 6.07) is 13.2. The summed E-state index contributed by atoms with van der Waals surface area (Å²) >= 11 is 0. The fourth-order valence-corrected chi connectivity index (χ4v) is 2.93. The molecule has 3 N–H and O–H groups in total. The van der Waals surface area contributed by atoms with E-state index in [2.05, 4.69) is 16.0 Å². The van der Waals surface area contributed by atoms with Crippen molar-refractivity contribution in [3.63, 3.8) is 0 Å². The second kappa shape index (κ2) is 8.56. The average Bonchev–Trinajstić information content (AvgIpc) is 2.77. The van der Waals surface area contributed by atoms with Gasteiger partial charge in [0.2, 0.25) is 11.8 Å². The number of ether oxygens (including phenoxy) is 1. The molecule has 0 saturated carbocycles. The first-order valence-corrected chi connectivity index (χ1v) is 9.16. The first-order valence-electron chi connectivity index (χ1n) is 9.16. The van der Waals surface area contributed by atoms with Gasteiger partial charge in [0.05, 0.1) is 23.8 Å². The van der Waals surface area contributed by atoms with Gasteiger partial charge in [-0.25, -0.2) is 0 Å². The Balaban J connectivity index is 1.61. The number of nitrogens with one attached hydrogen (secondary N) is 3. The Bertz CT molecular complexity index is 895. The van der Waals surface area contributed by atoms with Crippen LogP contribution in [-0.4, -0.2) is 29.9 Å². The number of hydrogen-bond donors (Lipinski definition) is 3. The standard InChI is InChI=1S/C21H23N3O4/c1-13(2)28-18-10-6-3-7-14(18)12-22-19(25)11-17-21(27)23-16-9-5-4-8-15(16)20(26)24-17/h3-10,13,17H,11-12H2,1-2H3,(H,22,25)(H,23,27)(H,24,26)/t17-/m1/s1. The van der Waals surface area contributed by atoms with Crippen molar-refractivity contribution in [2.45, 2.75) is 39.0 Å². The van der Waals surface area contributed by atoms with E-state index in [-0.39, 0.29) is 30.9 Å². The van der Waals surface area contributed by atoms with E-state index in [1.807, 2.05) is 38.1 Å². The van der Waals surface area contributed by atoms with Gasteiger partial charge in [-0.15, -0.1) is 0 Å². The zero-order chi connectivity index (χ0) is 20.1. The third-order valence-electron chi connectivity index (χ3n) is 4.25. The molecular weight excluding hydrogens is 358 g/mol. The van der Waals surface area contributed by atoms with Crippen LogP contribution < -0.4 is 20.7 Å². The molecule has 3 amide bonds. The molecule has 0 radical (unpaired) electrons. The molecule has 28 heavy (non-hydrogen) atoms. The summed E-state index contributed by atoms with van der Waals surface area (Å²) in [6.45, 7) is 4.13. The maximum Gasteiger partial charge on any atom is 0.254 e. The SMILES string of the molecule is CC(C)Oc1ccccc1CNC(=O)C[C@H]1NC(=O)c2ccccc2NC1=O. The summed E-state index contributed by atoms with van der Waals surface area (Å²) in [4.78, 5) is 37.1. The number of amides is 3. The first kappa shape index (κ1) is 19.4. The largest absolute Gasteiger partial charge is 0.491 e. The summed E-state index contributed by atoms with van der Waals surface area (Å²) in [7, 11) is 0. The minimum Gasteiger partial charge on any atom is -0.491 e. The number of carbonyl (C=O) groups is 3. The molecule has 0 spiro atoms. The van der Waals surface area contributed by atoms with E-state index in [1.54, 1.807) is 24.3 Å². The van der Waals surface area contributed by atoms with Crippen molar-refractivity contribution in [2.24, 2.45) is 0 Å². The van der Waals surface area contributed by atoms with E-state index < -0.39 is 11.9 Å².